The van der Waals surface area contributed by atoms with Gasteiger partial charge in [0, 0.05) is 18.2 Å². The summed E-state index contributed by atoms with van der Waals surface area (Å²) < 4.78 is 5.45. The highest BCUT2D eigenvalue weighted by molar-refractivity contribution is 7.80. The molecule has 2 unspecified atom stereocenters. The van der Waals surface area contributed by atoms with Crippen molar-refractivity contribution in [3.8, 4) is 0 Å². The molecule has 1 amide bonds. The second-order valence-electron chi connectivity index (χ2n) is 7.58. The van der Waals surface area contributed by atoms with Gasteiger partial charge in [0.05, 0.1) is 6.04 Å². The lowest BCUT2D eigenvalue weighted by Crippen LogP contribution is -2.63. The van der Waals surface area contributed by atoms with Gasteiger partial charge in [-0.2, -0.15) is 12.6 Å². The van der Waals surface area contributed by atoms with E-state index < -0.39 is 34.3 Å². The van der Waals surface area contributed by atoms with Gasteiger partial charge >= 0.3 is 5.97 Å². The first kappa shape index (κ1) is 27.7. The van der Waals surface area contributed by atoms with Gasteiger partial charge in [-0.1, -0.05) is 31.2 Å². The fourth-order valence-corrected chi connectivity index (χ4v) is 3.69. The van der Waals surface area contributed by atoms with Gasteiger partial charge in [0.1, 0.15) is 13.2 Å². The van der Waals surface area contributed by atoms with E-state index in [1.165, 1.54) is 11.8 Å². The molecule has 0 aliphatic carbocycles. The topological polar surface area (TPSA) is 142 Å². The highest BCUT2D eigenvalue weighted by Gasteiger charge is 2.57. The number of carbonyl (C=O) groups is 3. The Kier molecular flexibility index (Phi) is 10.4. The van der Waals surface area contributed by atoms with Crippen LogP contribution in [0.15, 0.2) is 24.3 Å². The number of benzene rings is 1. The molecular weight excluding hydrogens is 462 g/mol. The Labute approximate surface area is 197 Å². The van der Waals surface area contributed by atoms with Gasteiger partial charge in [0.2, 0.25) is 11.4 Å². The standard InChI is InChI=1S/C20H27N3O7S.ClH/c1-13(12-31)18(25)22-9-3-8-20(22,17(24)14(2)21)19(26)29-10-15-4-6-16(7-5-15)11-30-23(27)28;/h4-7,13-14,31H,3,8-12,21H2,1-2H3;1H/t13?,14?,20-;/m0./s1. The minimum atomic E-state index is -1.75. The van der Waals surface area contributed by atoms with Crippen LogP contribution < -0.4 is 5.73 Å². The Bertz CT molecular complexity index is 837. The quantitative estimate of drug-likeness (QED) is 0.166. The number of nitrogens with two attached hydrogens (primary N) is 1. The number of hydrogen-bond acceptors (Lipinski definition) is 9. The highest BCUT2D eigenvalue weighted by Crippen LogP contribution is 2.34. The van der Waals surface area contributed by atoms with E-state index in [0.717, 1.165) is 0 Å². The molecule has 1 aromatic carbocycles. The number of Topliss-reactive ketones (excluding diaryl/α,β-unsaturated/α-hetero) is 1. The molecule has 10 nitrogen and oxygen atoms in total. The number of likely N-dealkylation sites (tertiary alicyclic amines) is 1. The van der Waals surface area contributed by atoms with Crippen LogP contribution in [0.5, 0.6) is 0 Å². The van der Waals surface area contributed by atoms with Crippen molar-refractivity contribution in [2.45, 2.75) is 51.5 Å². The second kappa shape index (κ2) is 12.0. The van der Waals surface area contributed by atoms with E-state index in [1.807, 2.05) is 0 Å². The number of halogens is 1. The lowest BCUT2D eigenvalue weighted by molar-refractivity contribution is -0.763. The van der Waals surface area contributed by atoms with Crippen molar-refractivity contribution < 1.29 is 29.0 Å². The molecule has 1 aliphatic heterocycles. The smallest absolute Gasteiger partial charge is 0.340 e. The monoisotopic (exact) mass is 489 g/mol. The average molecular weight is 490 g/mol. The molecule has 1 aliphatic rings. The van der Waals surface area contributed by atoms with Crippen LogP contribution in [0.2, 0.25) is 0 Å². The van der Waals surface area contributed by atoms with E-state index in [0.29, 0.717) is 17.5 Å². The van der Waals surface area contributed by atoms with Gasteiger partial charge in [0.25, 0.3) is 5.09 Å². The molecule has 1 saturated heterocycles. The van der Waals surface area contributed by atoms with Crippen LogP contribution in [0, 0.1) is 16.0 Å². The zero-order chi connectivity index (χ0) is 23.2. The molecule has 3 atom stereocenters. The SMILES string of the molecule is CC(N)C(=O)[C@]1(C(=O)OCc2ccc(CO[N+](=O)[O-])cc2)CCCN1C(=O)C(C)CS.Cl. The number of ether oxygens (including phenoxy) is 1. The molecule has 1 aromatic rings. The number of nitrogens with zero attached hydrogens (tertiary/aromatic N) is 2. The van der Waals surface area contributed by atoms with Crippen LogP contribution in [0.4, 0.5) is 0 Å². The van der Waals surface area contributed by atoms with Crippen LogP contribution in [-0.2, 0) is 37.2 Å². The number of rotatable bonds is 10. The van der Waals surface area contributed by atoms with Gasteiger partial charge in [0.15, 0.2) is 5.78 Å². The van der Waals surface area contributed by atoms with Crippen LogP contribution in [0.3, 0.4) is 0 Å². The van der Waals surface area contributed by atoms with Gasteiger partial charge in [-0.15, -0.1) is 22.5 Å². The minimum absolute atomic E-state index is 0. The lowest BCUT2D eigenvalue weighted by Gasteiger charge is -2.37. The zero-order valence-electron chi connectivity index (χ0n) is 17.9. The summed E-state index contributed by atoms with van der Waals surface area (Å²) >= 11 is 4.15. The fraction of sp³-hybridized carbons (Fsp3) is 0.550. The maximum absolute atomic E-state index is 13.2. The largest absolute Gasteiger partial charge is 0.459 e. The Morgan fingerprint density at radius 3 is 2.28 bits per heavy atom. The average Bonchev–Trinajstić information content (AvgIpc) is 3.20. The number of thiol groups is 1. The Morgan fingerprint density at radius 2 is 1.78 bits per heavy atom. The fourth-order valence-electron chi connectivity index (χ4n) is 3.53. The summed E-state index contributed by atoms with van der Waals surface area (Å²) in [5.74, 6) is -1.90. The number of amides is 1. The molecule has 0 bridgehead atoms. The third-order valence-corrected chi connectivity index (χ3v) is 5.78. The minimum Gasteiger partial charge on any atom is -0.459 e. The van der Waals surface area contributed by atoms with Gasteiger partial charge < -0.3 is 20.2 Å². The molecule has 0 aromatic heterocycles. The van der Waals surface area contributed by atoms with Gasteiger partial charge in [-0.3, -0.25) is 9.59 Å². The summed E-state index contributed by atoms with van der Waals surface area (Å²) in [4.78, 5) is 54.9. The van der Waals surface area contributed by atoms with Crippen molar-refractivity contribution in [1.29, 1.82) is 0 Å². The Morgan fingerprint density at radius 1 is 1.22 bits per heavy atom. The number of ketones is 1. The first-order chi connectivity index (χ1) is 14.6. The van der Waals surface area contributed by atoms with Crippen LogP contribution in [-0.4, -0.2) is 51.5 Å². The van der Waals surface area contributed by atoms with E-state index in [4.69, 9.17) is 10.5 Å². The van der Waals surface area contributed by atoms with Crippen molar-refractivity contribution in [1.82, 2.24) is 4.90 Å². The zero-order valence-corrected chi connectivity index (χ0v) is 19.6. The van der Waals surface area contributed by atoms with Crippen LogP contribution in [0.25, 0.3) is 0 Å². The number of hydrogen-bond donors (Lipinski definition) is 2. The molecule has 12 heteroatoms. The third kappa shape index (κ3) is 6.11. The van der Waals surface area contributed by atoms with E-state index in [-0.39, 0.29) is 50.2 Å². The summed E-state index contributed by atoms with van der Waals surface area (Å²) in [5.41, 5.74) is 5.25. The molecule has 0 spiro atoms. The van der Waals surface area contributed by atoms with E-state index >= 15 is 0 Å². The third-order valence-electron chi connectivity index (χ3n) is 5.23. The van der Waals surface area contributed by atoms with Gasteiger partial charge in [-0.25, -0.2) is 4.79 Å². The molecule has 178 valence electrons. The summed E-state index contributed by atoms with van der Waals surface area (Å²) in [6.45, 7) is 3.10. The summed E-state index contributed by atoms with van der Waals surface area (Å²) in [6.07, 6.45) is 0.623. The normalized spacial score (nSPS) is 19.4. The van der Waals surface area contributed by atoms with Crippen molar-refractivity contribution in [3.05, 3.63) is 45.5 Å². The molecule has 0 radical (unpaired) electrons. The van der Waals surface area contributed by atoms with Gasteiger partial charge in [-0.05, 0) is 30.9 Å². The second-order valence-corrected chi connectivity index (χ2v) is 7.95. The number of carbonyl (C=O) groups excluding carboxylic acids is 3. The molecule has 1 fully saturated rings. The van der Waals surface area contributed by atoms with Crippen LogP contribution >= 0.6 is 25.0 Å². The maximum Gasteiger partial charge on any atom is 0.340 e. The molecule has 32 heavy (non-hydrogen) atoms. The van der Waals surface area contributed by atoms with Crippen molar-refractivity contribution in [2.75, 3.05) is 12.3 Å². The maximum atomic E-state index is 13.2. The first-order valence-electron chi connectivity index (χ1n) is 9.88. The summed E-state index contributed by atoms with van der Waals surface area (Å²) in [7, 11) is 0. The van der Waals surface area contributed by atoms with Crippen molar-refractivity contribution in [3.63, 3.8) is 0 Å². The summed E-state index contributed by atoms with van der Waals surface area (Å²) in [6, 6.07) is 5.53. The molecule has 0 saturated carbocycles. The highest BCUT2D eigenvalue weighted by atomic mass is 35.5. The lowest BCUT2D eigenvalue weighted by atomic mass is 9.86. The van der Waals surface area contributed by atoms with E-state index in [2.05, 4.69) is 17.5 Å². The number of esters is 1. The predicted molar refractivity (Wildman–Crippen MR) is 121 cm³/mol. The predicted octanol–water partition coefficient (Wildman–Crippen LogP) is 1.70. The Balaban J connectivity index is 0.00000512. The molecule has 2 rings (SSSR count). The first-order valence-corrected chi connectivity index (χ1v) is 10.5. The molecular formula is C20H28ClN3O7S. The summed E-state index contributed by atoms with van der Waals surface area (Å²) in [5, 5.41) is 9.39. The van der Waals surface area contributed by atoms with Crippen molar-refractivity contribution in [2.24, 2.45) is 11.7 Å². The van der Waals surface area contributed by atoms with Crippen molar-refractivity contribution >= 4 is 42.7 Å². The van der Waals surface area contributed by atoms with E-state index in [9.17, 15) is 24.5 Å². The van der Waals surface area contributed by atoms with Crippen LogP contribution in [0.1, 0.15) is 37.8 Å². The Hall–Kier alpha value is -2.37. The van der Waals surface area contributed by atoms with E-state index in [1.54, 1.807) is 31.2 Å². The molecule has 1 heterocycles. The molecule has 2 N–H and O–H groups in total.